The summed E-state index contributed by atoms with van der Waals surface area (Å²) in [5, 5.41) is 21.2. The molecule has 4 aromatic rings. The number of benzene rings is 4. The topological polar surface area (TPSA) is 183 Å². The van der Waals surface area contributed by atoms with Gasteiger partial charge in [0.05, 0.1) is 10.6 Å². The molecule has 1 amide bonds. The fourth-order valence-electron chi connectivity index (χ4n) is 3.31. The van der Waals surface area contributed by atoms with Crippen LogP contribution >= 0.6 is 0 Å². The molecule has 0 spiro atoms. The van der Waals surface area contributed by atoms with Crippen LogP contribution in [-0.2, 0) is 20.2 Å². The molecule has 0 saturated heterocycles. The minimum Gasteiger partial charge on any atom is -0.505 e. The maximum atomic E-state index is 12.4. The Morgan fingerprint density at radius 3 is 1.92 bits per heavy atom. The summed E-state index contributed by atoms with van der Waals surface area (Å²) in [7, 11) is -8.95. The van der Waals surface area contributed by atoms with Crippen molar-refractivity contribution in [2.75, 3.05) is 5.32 Å². The van der Waals surface area contributed by atoms with E-state index in [0.29, 0.717) is 5.69 Å². The molecule has 0 aliphatic heterocycles. The van der Waals surface area contributed by atoms with Gasteiger partial charge in [-0.15, -0.1) is 5.11 Å². The van der Waals surface area contributed by atoms with Gasteiger partial charge in [0, 0.05) is 22.0 Å². The predicted octanol–water partition coefficient (Wildman–Crippen LogP) is 1.71. The van der Waals surface area contributed by atoms with Gasteiger partial charge in [0.15, 0.2) is 5.75 Å². The first-order valence-electron chi connectivity index (χ1n) is 10.1. The van der Waals surface area contributed by atoms with Crippen molar-refractivity contribution >= 4 is 54.0 Å². The molecule has 4 rings (SSSR count). The molecule has 0 aliphatic rings. The Bertz CT molecular complexity index is 1720. The average molecular weight is 551 g/mol. The standard InChI is InChI=1S/C23H17N3O8S2.Na/c27-22-19-4-2-1-3-18(19)21(36(32,33)34)13-20(22)26-25-16-7-5-14(6-8-16)23(28)24-15-9-11-17(12-10-15)35(29,30)31;/h1-13,27H,(H,24,28)(H,29,30,31)(H,32,33,34);/q;+1. The van der Waals surface area contributed by atoms with Gasteiger partial charge in [0.2, 0.25) is 0 Å². The Morgan fingerprint density at radius 1 is 0.757 bits per heavy atom. The number of anilines is 1. The van der Waals surface area contributed by atoms with Gasteiger partial charge in [-0.3, -0.25) is 13.9 Å². The summed E-state index contributed by atoms with van der Waals surface area (Å²) in [6.07, 6.45) is 0. The molecule has 0 atom stereocenters. The Labute approximate surface area is 233 Å². The van der Waals surface area contributed by atoms with Crippen LogP contribution in [0.15, 0.2) is 98.9 Å². The van der Waals surface area contributed by atoms with Crippen molar-refractivity contribution in [2.24, 2.45) is 10.2 Å². The third kappa shape index (κ3) is 6.59. The first-order chi connectivity index (χ1) is 16.9. The van der Waals surface area contributed by atoms with E-state index in [1.807, 2.05) is 0 Å². The number of carbonyl (C=O) groups is 1. The van der Waals surface area contributed by atoms with Gasteiger partial charge in [-0.05, 0) is 54.6 Å². The van der Waals surface area contributed by atoms with Crippen molar-refractivity contribution in [2.45, 2.75) is 9.79 Å². The van der Waals surface area contributed by atoms with E-state index in [4.69, 9.17) is 4.55 Å². The van der Waals surface area contributed by atoms with E-state index >= 15 is 0 Å². The molecular weight excluding hydrogens is 533 g/mol. The molecule has 11 nitrogen and oxygen atoms in total. The van der Waals surface area contributed by atoms with Gasteiger partial charge in [-0.2, -0.15) is 21.9 Å². The first-order valence-corrected chi connectivity index (χ1v) is 12.9. The predicted molar refractivity (Wildman–Crippen MR) is 130 cm³/mol. The Hall–Kier alpha value is -3.17. The smallest absolute Gasteiger partial charge is 0.505 e. The number of aromatic hydroxyl groups is 1. The number of hydrogen-bond donors (Lipinski definition) is 4. The first kappa shape index (κ1) is 28.4. The van der Waals surface area contributed by atoms with Crippen LogP contribution in [0.4, 0.5) is 17.1 Å². The number of phenolic OH excluding ortho intramolecular Hbond substituents is 1. The summed E-state index contributed by atoms with van der Waals surface area (Å²) in [4.78, 5) is 11.7. The van der Waals surface area contributed by atoms with Crippen LogP contribution in [0.5, 0.6) is 5.75 Å². The van der Waals surface area contributed by atoms with Crippen LogP contribution in [0.3, 0.4) is 0 Å². The number of hydrogen-bond acceptors (Lipinski definition) is 8. The van der Waals surface area contributed by atoms with E-state index in [1.165, 1.54) is 48.5 Å². The van der Waals surface area contributed by atoms with Crippen molar-refractivity contribution in [1.82, 2.24) is 0 Å². The summed E-state index contributed by atoms with van der Waals surface area (Å²) in [6, 6.07) is 17.8. The minimum atomic E-state index is -4.60. The monoisotopic (exact) mass is 550 g/mol. The van der Waals surface area contributed by atoms with Gasteiger partial charge in [0.25, 0.3) is 26.1 Å². The summed E-state index contributed by atoms with van der Waals surface area (Å²) >= 11 is 0. The van der Waals surface area contributed by atoms with Crippen LogP contribution in [0.1, 0.15) is 10.4 Å². The fraction of sp³-hybridized carbons (Fsp3) is 0. The second kappa shape index (κ2) is 11.1. The molecule has 37 heavy (non-hydrogen) atoms. The minimum absolute atomic E-state index is 0. The molecule has 0 unspecified atom stereocenters. The Kier molecular flexibility index (Phi) is 8.49. The second-order valence-electron chi connectivity index (χ2n) is 7.46. The van der Waals surface area contributed by atoms with Crippen LogP contribution < -0.4 is 34.9 Å². The molecule has 4 N–H and O–H groups in total. The number of phenols is 1. The summed E-state index contributed by atoms with van der Waals surface area (Å²) < 4.78 is 64.4. The normalized spacial score (nSPS) is 11.8. The summed E-state index contributed by atoms with van der Waals surface area (Å²) in [5.74, 6) is -0.819. The van der Waals surface area contributed by atoms with Crippen molar-refractivity contribution in [1.29, 1.82) is 0 Å². The molecule has 0 saturated carbocycles. The number of nitrogens with one attached hydrogen (secondary N) is 1. The molecule has 0 aromatic heterocycles. The van der Waals surface area contributed by atoms with E-state index in [9.17, 15) is 31.3 Å². The molecular formula is C23H17N3NaO8S2+. The number of nitrogens with zero attached hydrogens (tertiary/aromatic N) is 2. The molecule has 0 fully saturated rings. The summed E-state index contributed by atoms with van der Waals surface area (Å²) in [5.41, 5.74) is 0.647. The maximum absolute atomic E-state index is 12.4. The zero-order valence-corrected chi connectivity index (χ0v) is 22.7. The number of rotatable bonds is 6. The van der Waals surface area contributed by atoms with Crippen molar-refractivity contribution in [3.63, 3.8) is 0 Å². The maximum Gasteiger partial charge on any atom is 1.00 e. The number of fused-ring (bicyclic) bond motifs is 1. The Morgan fingerprint density at radius 2 is 1.35 bits per heavy atom. The van der Waals surface area contributed by atoms with Crippen LogP contribution in [0, 0.1) is 0 Å². The number of azo groups is 1. The van der Waals surface area contributed by atoms with Gasteiger partial charge < -0.3 is 10.4 Å². The molecule has 0 radical (unpaired) electrons. The molecule has 0 heterocycles. The Balaban J connectivity index is 0.00000380. The van der Waals surface area contributed by atoms with E-state index in [-0.39, 0.29) is 67.9 Å². The SMILES string of the molecule is O=C(Nc1ccc(S(=O)(=O)O)cc1)c1ccc(N=Nc2cc(S(=O)(=O)O)c3ccccc3c2O)cc1.[Na+]. The van der Waals surface area contributed by atoms with Gasteiger partial charge in [-0.1, -0.05) is 24.3 Å². The van der Waals surface area contributed by atoms with E-state index in [0.717, 1.165) is 18.2 Å². The fourth-order valence-corrected chi connectivity index (χ4v) is 4.50. The van der Waals surface area contributed by atoms with Gasteiger partial charge >= 0.3 is 29.6 Å². The van der Waals surface area contributed by atoms with Crippen molar-refractivity contribution in [3.8, 4) is 5.75 Å². The van der Waals surface area contributed by atoms with E-state index in [2.05, 4.69) is 15.5 Å². The van der Waals surface area contributed by atoms with Crippen molar-refractivity contribution in [3.05, 3.63) is 84.4 Å². The van der Waals surface area contributed by atoms with Gasteiger partial charge in [0.1, 0.15) is 10.6 Å². The molecule has 4 aromatic carbocycles. The third-order valence-electron chi connectivity index (χ3n) is 5.05. The third-order valence-corrected chi connectivity index (χ3v) is 6.81. The van der Waals surface area contributed by atoms with Crippen LogP contribution in [0.2, 0.25) is 0 Å². The van der Waals surface area contributed by atoms with Gasteiger partial charge in [-0.25, -0.2) is 0 Å². The molecule has 184 valence electrons. The van der Waals surface area contributed by atoms with Crippen LogP contribution in [-0.4, -0.2) is 37.0 Å². The van der Waals surface area contributed by atoms with Crippen LogP contribution in [0.25, 0.3) is 10.8 Å². The molecule has 0 aliphatic carbocycles. The zero-order valence-electron chi connectivity index (χ0n) is 19.1. The molecule has 0 bridgehead atoms. The number of carbonyl (C=O) groups excluding carboxylic acids is 1. The quantitative estimate of drug-likeness (QED) is 0.159. The average Bonchev–Trinajstić information content (AvgIpc) is 2.83. The summed E-state index contributed by atoms with van der Waals surface area (Å²) in [6.45, 7) is 0. The molecule has 14 heteroatoms. The number of amides is 1. The van der Waals surface area contributed by atoms with E-state index < -0.39 is 31.0 Å². The largest absolute Gasteiger partial charge is 1.00 e. The van der Waals surface area contributed by atoms with Crippen molar-refractivity contribution < 1.29 is 65.4 Å². The van der Waals surface area contributed by atoms with E-state index in [1.54, 1.807) is 12.1 Å². The second-order valence-corrected chi connectivity index (χ2v) is 10.3. The zero-order chi connectivity index (χ0) is 26.1.